The van der Waals surface area contributed by atoms with Crippen LogP contribution >= 0.6 is 0 Å². The lowest BCUT2D eigenvalue weighted by molar-refractivity contribution is -0.135. The maximum absolute atomic E-state index is 12.8. The van der Waals surface area contributed by atoms with Gasteiger partial charge in [0.25, 0.3) is 5.56 Å². The highest BCUT2D eigenvalue weighted by Crippen LogP contribution is 2.18. The molecule has 0 N–H and O–H groups in total. The van der Waals surface area contributed by atoms with Crippen molar-refractivity contribution in [3.63, 3.8) is 0 Å². The van der Waals surface area contributed by atoms with Crippen molar-refractivity contribution in [3.8, 4) is 0 Å². The molecule has 2 rings (SSSR count). The molecular weight excluding hydrogens is 324 g/mol. The largest absolute Gasteiger partial charge is 0.375 e. The average Bonchev–Trinajstić information content (AvgIpc) is 2.53. The number of anilines is 1. The van der Waals surface area contributed by atoms with E-state index < -0.39 is 0 Å². The van der Waals surface area contributed by atoms with Gasteiger partial charge in [-0.2, -0.15) is 0 Å². The Labute approximate surface area is 147 Å². The first-order chi connectivity index (χ1) is 11.8. The summed E-state index contributed by atoms with van der Waals surface area (Å²) >= 11 is 0. The topological polar surface area (TPSA) is 76.8 Å². The lowest BCUT2D eigenvalue weighted by Crippen LogP contribution is -2.52. The lowest BCUT2D eigenvalue weighted by Gasteiger charge is -2.37. The van der Waals surface area contributed by atoms with Crippen LogP contribution in [0.4, 0.5) is 5.82 Å². The standard InChI is InChI=1S/C17H28N4O4/c1-12(2)20-14(10-15(22)21(13(3)4)17(20)24)18-6-8-19(9-7-18)16(23)11-25-5/h10,12-13H,6-9,11H2,1-5H3. The van der Waals surface area contributed by atoms with E-state index in [1.54, 1.807) is 9.47 Å². The molecule has 25 heavy (non-hydrogen) atoms. The number of rotatable bonds is 5. The molecule has 1 saturated heterocycles. The second-order valence-electron chi connectivity index (χ2n) is 6.85. The van der Waals surface area contributed by atoms with Gasteiger partial charge in [0.15, 0.2) is 0 Å². The molecule has 1 aliphatic rings. The van der Waals surface area contributed by atoms with Gasteiger partial charge in [-0.05, 0) is 27.7 Å². The van der Waals surface area contributed by atoms with Crippen LogP contribution in [0.15, 0.2) is 15.7 Å². The van der Waals surface area contributed by atoms with Gasteiger partial charge >= 0.3 is 5.69 Å². The SMILES string of the molecule is COCC(=O)N1CCN(c2cc(=O)n(C(C)C)c(=O)n2C(C)C)CC1. The predicted octanol–water partition coefficient (Wildman–Crippen LogP) is 0.467. The Morgan fingerprint density at radius 2 is 1.60 bits per heavy atom. The van der Waals surface area contributed by atoms with E-state index in [1.165, 1.54) is 17.7 Å². The van der Waals surface area contributed by atoms with Gasteiger partial charge in [-0.15, -0.1) is 0 Å². The summed E-state index contributed by atoms with van der Waals surface area (Å²) in [4.78, 5) is 40.9. The Kier molecular flexibility index (Phi) is 6.05. The predicted molar refractivity (Wildman–Crippen MR) is 96.4 cm³/mol. The summed E-state index contributed by atoms with van der Waals surface area (Å²) in [5.74, 6) is 0.583. The van der Waals surface area contributed by atoms with Crippen molar-refractivity contribution in [1.29, 1.82) is 0 Å². The van der Waals surface area contributed by atoms with Crippen LogP contribution in [0.2, 0.25) is 0 Å². The number of hydrogen-bond acceptors (Lipinski definition) is 5. The number of aromatic nitrogens is 2. The Morgan fingerprint density at radius 1 is 1.04 bits per heavy atom. The maximum atomic E-state index is 12.8. The van der Waals surface area contributed by atoms with Crippen molar-refractivity contribution in [2.75, 3.05) is 44.8 Å². The summed E-state index contributed by atoms with van der Waals surface area (Å²) < 4.78 is 7.83. The quantitative estimate of drug-likeness (QED) is 0.770. The van der Waals surface area contributed by atoms with E-state index in [2.05, 4.69) is 0 Å². The number of ether oxygens (including phenoxy) is 1. The van der Waals surface area contributed by atoms with Crippen molar-refractivity contribution in [2.45, 2.75) is 39.8 Å². The Hall–Kier alpha value is -2.09. The van der Waals surface area contributed by atoms with E-state index in [1.807, 2.05) is 32.6 Å². The molecule has 1 aromatic heterocycles. The number of carbonyl (C=O) groups is 1. The molecule has 0 spiro atoms. The van der Waals surface area contributed by atoms with Gasteiger partial charge in [0, 0.05) is 51.4 Å². The second-order valence-corrected chi connectivity index (χ2v) is 6.85. The van der Waals surface area contributed by atoms with Crippen LogP contribution in [0, 0.1) is 0 Å². The molecule has 0 unspecified atom stereocenters. The molecule has 2 heterocycles. The molecular formula is C17H28N4O4. The van der Waals surface area contributed by atoms with Crippen molar-refractivity contribution >= 4 is 11.7 Å². The summed E-state index contributed by atoms with van der Waals surface area (Å²) in [6.45, 7) is 9.82. The molecule has 0 saturated carbocycles. The summed E-state index contributed by atoms with van der Waals surface area (Å²) in [5, 5.41) is 0. The van der Waals surface area contributed by atoms with Gasteiger partial charge < -0.3 is 14.5 Å². The zero-order chi connectivity index (χ0) is 18.7. The first kappa shape index (κ1) is 19.2. The summed E-state index contributed by atoms with van der Waals surface area (Å²) in [6.07, 6.45) is 0. The molecule has 0 radical (unpaired) electrons. The van der Waals surface area contributed by atoms with E-state index >= 15 is 0 Å². The fourth-order valence-electron chi connectivity index (χ4n) is 3.16. The number of piperazine rings is 1. The van der Waals surface area contributed by atoms with Crippen LogP contribution in [0.5, 0.6) is 0 Å². The van der Waals surface area contributed by atoms with Crippen LogP contribution in [0.3, 0.4) is 0 Å². The number of methoxy groups -OCH3 is 1. The molecule has 0 bridgehead atoms. The van der Waals surface area contributed by atoms with Crippen molar-refractivity contribution < 1.29 is 9.53 Å². The highest BCUT2D eigenvalue weighted by molar-refractivity contribution is 5.77. The third kappa shape index (κ3) is 3.95. The van der Waals surface area contributed by atoms with Crippen LogP contribution in [-0.4, -0.2) is 59.8 Å². The second kappa shape index (κ2) is 7.86. The first-order valence-electron chi connectivity index (χ1n) is 8.67. The number of amides is 1. The minimum absolute atomic E-state index is 0.0429. The van der Waals surface area contributed by atoms with Gasteiger partial charge in [-0.25, -0.2) is 4.79 Å². The van der Waals surface area contributed by atoms with Crippen LogP contribution < -0.4 is 16.1 Å². The molecule has 8 heteroatoms. The van der Waals surface area contributed by atoms with E-state index in [-0.39, 0.29) is 35.8 Å². The van der Waals surface area contributed by atoms with Gasteiger partial charge in [-0.1, -0.05) is 0 Å². The fourth-order valence-corrected chi connectivity index (χ4v) is 3.16. The summed E-state index contributed by atoms with van der Waals surface area (Å²) in [6, 6.07) is 1.28. The van der Waals surface area contributed by atoms with Gasteiger partial charge in [0.05, 0.1) is 0 Å². The number of hydrogen-bond donors (Lipinski definition) is 0. The molecule has 1 aromatic rings. The van der Waals surface area contributed by atoms with E-state index in [0.29, 0.717) is 32.0 Å². The van der Waals surface area contributed by atoms with Gasteiger partial charge in [-0.3, -0.25) is 18.7 Å². The number of carbonyl (C=O) groups excluding carboxylic acids is 1. The first-order valence-corrected chi connectivity index (χ1v) is 8.67. The molecule has 1 aliphatic heterocycles. The summed E-state index contributed by atoms with van der Waals surface area (Å²) in [5.41, 5.74) is -0.574. The van der Waals surface area contributed by atoms with Crippen molar-refractivity contribution in [3.05, 3.63) is 26.9 Å². The van der Waals surface area contributed by atoms with E-state index in [9.17, 15) is 14.4 Å². The Bertz CT molecular complexity index is 727. The zero-order valence-electron chi connectivity index (χ0n) is 15.7. The van der Waals surface area contributed by atoms with Gasteiger partial charge in [0.2, 0.25) is 5.91 Å². The van der Waals surface area contributed by atoms with Crippen LogP contribution in [0.25, 0.3) is 0 Å². The molecule has 1 fully saturated rings. The van der Waals surface area contributed by atoms with Crippen LogP contribution in [-0.2, 0) is 9.53 Å². The number of nitrogens with zero attached hydrogens (tertiary/aromatic N) is 4. The minimum atomic E-state index is -0.287. The highest BCUT2D eigenvalue weighted by Gasteiger charge is 2.25. The third-order valence-corrected chi connectivity index (χ3v) is 4.41. The van der Waals surface area contributed by atoms with Crippen molar-refractivity contribution in [2.24, 2.45) is 0 Å². The third-order valence-electron chi connectivity index (χ3n) is 4.41. The summed E-state index contributed by atoms with van der Waals surface area (Å²) in [7, 11) is 1.50. The normalized spacial score (nSPS) is 15.3. The van der Waals surface area contributed by atoms with Gasteiger partial charge in [0.1, 0.15) is 12.4 Å². The fraction of sp³-hybridized carbons (Fsp3) is 0.706. The van der Waals surface area contributed by atoms with Crippen LogP contribution in [0.1, 0.15) is 39.8 Å². The molecule has 8 nitrogen and oxygen atoms in total. The van der Waals surface area contributed by atoms with E-state index in [0.717, 1.165) is 0 Å². The lowest BCUT2D eigenvalue weighted by atomic mass is 10.2. The monoisotopic (exact) mass is 352 g/mol. The molecule has 140 valence electrons. The molecule has 0 atom stereocenters. The molecule has 0 aromatic carbocycles. The zero-order valence-corrected chi connectivity index (χ0v) is 15.7. The Morgan fingerprint density at radius 3 is 2.08 bits per heavy atom. The Balaban J connectivity index is 2.33. The molecule has 0 aliphatic carbocycles. The minimum Gasteiger partial charge on any atom is -0.375 e. The average molecular weight is 352 g/mol. The smallest absolute Gasteiger partial charge is 0.333 e. The van der Waals surface area contributed by atoms with Crippen molar-refractivity contribution in [1.82, 2.24) is 14.0 Å². The molecule has 1 amide bonds. The van der Waals surface area contributed by atoms with E-state index in [4.69, 9.17) is 4.74 Å². The highest BCUT2D eigenvalue weighted by atomic mass is 16.5. The maximum Gasteiger partial charge on any atom is 0.333 e.